The Morgan fingerprint density at radius 2 is 1.91 bits per heavy atom. The van der Waals surface area contributed by atoms with E-state index in [-0.39, 0.29) is 23.1 Å². The summed E-state index contributed by atoms with van der Waals surface area (Å²) >= 11 is 0. The van der Waals surface area contributed by atoms with Gasteiger partial charge in [0.1, 0.15) is 11.9 Å². The number of carboxylic acid groups (broad SMARTS) is 1. The van der Waals surface area contributed by atoms with Gasteiger partial charge in [0.15, 0.2) is 0 Å². The van der Waals surface area contributed by atoms with Crippen molar-refractivity contribution in [3.8, 4) is 0 Å². The summed E-state index contributed by atoms with van der Waals surface area (Å²) in [6.07, 6.45) is 3.66. The molecule has 1 fully saturated rings. The summed E-state index contributed by atoms with van der Waals surface area (Å²) in [6.45, 7) is 1.33. The van der Waals surface area contributed by atoms with Gasteiger partial charge in [-0.15, -0.1) is 0 Å². The fraction of sp³-hybridized carbons (Fsp3) is 0.438. The molecule has 23 heavy (non-hydrogen) atoms. The summed E-state index contributed by atoms with van der Waals surface area (Å²) in [5, 5.41) is 13.9. The van der Waals surface area contributed by atoms with Crippen LogP contribution in [0.4, 0.5) is 10.1 Å². The van der Waals surface area contributed by atoms with Gasteiger partial charge in [0.25, 0.3) is 0 Å². The van der Waals surface area contributed by atoms with Crippen molar-refractivity contribution in [1.29, 1.82) is 0 Å². The molecule has 1 aliphatic carbocycles. The van der Waals surface area contributed by atoms with E-state index in [9.17, 15) is 18.8 Å². The molecule has 1 atom stereocenters. The van der Waals surface area contributed by atoms with Gasteiger partial charge in [-0.05, 0) is 37.0 Å². The Kier molecular flexibility index (Phi) is 5.31. The van der Waals surface area contributed by atoms with E-state index >= 15 is 0 Å². The Labute approximate surface area is 133 Å². The van der Waals surface area contributed by atoms with E-state index in [2.05, 4.69) is 10.6 Å². The van der Waals surface area contributed by atoms with Crippen LogP contribution in [-0.2, 0) is 9.59 Å². The van der Waals surface area contributed by atoms with E-state index in [1.165, 1.54) is 19.1 Å². The molecule has 1 saturated carbocycles. The lowest BCUT2D eigenvalue weighted by Gasteiger charge is -2.23. The van der Waals surface area contributed by atoms with Crippen LogP contribution in [0.3, 0.4) is 0 Å². The number of aromatic carboxylic acids is 1. The maximum Gasteiger partial charge on any atom is 0.335 e. The third kappa shape index (κ3) is 4.28. The van der Waals surface area contributed by atoms with E-state index in [1.807, 2.05) is 0 Å². The number of anilines is 1. The van der Waals surface area contributed by atoms with Crippen molar-refractivity contribution in [2.45, 2.75) is 38.6 Å². The summed E-state index contributed by atoms with van der Waals surface area (Å²) in [5.74, 6) is -2.86. The maximum atomic E-state index is 13.9. The van der Waals surface area contributed by atoms with Gasteiger partial charge in [-0.1, -0.05) is 12.8 Å². The zero-order chi connectivity index (χ0) is 17.0. The van der Waals surface area contributed by atoms with Gasteiger partial charge >= 0.3 is 5.97 Å². The number of hydrogen-bond acceptors (Lipinski definition) is 3. The van der Waals surface area contributed by atoms with Crippen LogP contribution in [0.25, 0.3) is 0 Å². The third-order valence-electron chi connectivity index (χ3n) is 3.99. The number of carboxylic acids is 1. The molecule has 3 N–H and O–H groups in total. The van der Waals surface area contributed by atoms with Crippen LogP contribution in [-0.4, -0.2) is 28.9 Å². The zero-order valence-corrected chi connectivity index (χ0v) is 12.8. The molecule has 2 rings (SSSR count). The molecule has 0 aromatic heterocycles. The van der Waals surface area contributed by atoms with Crippen LogP contribution in [0.15, 0.2) is 18.2 Å². The fourth-order valence-electron chi connectivity index (χ4n) is 2.87. The van der Waals surface area contributed by atoms with E-state index in [0.29, 0.717) is 0 Å². The highest BCUT2D eigenvalue weighted by Crippen LogP contribution is 2.28. The minimum Gasteiger partial charge on any atom is -0.478 e. The number of hydrogen-bond donors (Lipinski definition) is 3. The van der Waals surface area contributed by atoms with Crippen LogP contribution in [0.5, 0.6) is 0 Å². The Bertz CT molecular complexity index is 627. The molecule has 0 radical (unpaired) electrons. The quantitative estimate of drug-likeness (QED) is 0.774. The minimum atomic E-state index is -1.25. The molecule has 0 heterocycles. The van der Waals surface area contributed by atoms with E-state index in [1.54, 1.807) is 0 Å². The summed E-state index contributed by atoms with van der Waals surface area (Å²) < 4.78 is 13.9. The summed E-state index contributed by atoms with van der Waals surface area (Å²) in [4.78, 5) is 34.5. The molecule has 1 aliphatic rings. The first kappa shape index (κ1) is 16.9. The predicted molar refractivity (Wildman–Crippen MR) is 81.6 cm³/mol. The Morgan fingerprint density at radius 3 is 2.43 bits per heavy atom. The first-order valence-electron chi connectivity index (χ1n) is 7.49. The summed E-state index contributed by atoms with van der Waals surface area (Å²) in [6, 6.07) is 2.55. The van der Waals surface area contributed by atoms with Gasteiger partial charge in [0.2, 0.25) is 11.8 Å². The Morgan fingerprint density at radius 1 is 1.26 bits per heavy atom. The van der Waals surface area contributed by atoms with Gasteiger partial charge < -0.3 is 15.7 Å². The lowest BCUT2D eigenvalue weighted by atomic mass is 9.97. The molecule has 6 nitrogen and oxygen atoms in total. The van der Waals surface area contributed by atoms with Gasteiger partial charge in [-0.2, -0.15) is 0 Å². The average Bonchev–Trinajstić information content (AvgIpc) is 3.00. The highest BCUT2D eigenvalue weighted by Gasteiger charge is 2.31. The molecule has 0 spiro atoms. The van der Waals surface area contributed by atoms with E-state index in [4.69, 9.17) is 5.11 Å². The highest BCUT2D eigenvalue weighted by atomic mass is 19.1. The number of halogens is 1. The standard InChI is InChI=1S/C16H19FN2O4/c1-9(20)18-14(10-4-2-3-5-10)15(21)19-13-7-6-11(16(22)23)8-12(13)17/h6-8,10,14H,2-5H2,1H3,(H,18,20)(H,19,21)(H,22,23). The maximum absolute atomic E-state index is 13.9. The predicted octanol–water partition coefficient (Wildman–Crippen LogP) is 2.16. The third-order valence-corrected chi connectivity index (χ3v) is 3.99. The first-order chi connectivity index (χ1) is 10.9. The second-order valence-corrected chi connectivity index (χ2v) is 5.71. The molecular weight excluding hydrogens is 303 g/mol. The van der Waals surface area contributed by atoms with Crippen LogP contribution >= 0.6 is 0 Å². The largest absolute Gasteiger partial charge is 0.478 e. The molecule has 0 aliphatic heterocycles. The normalized spacial score (nSPS) is 15.9. The zero-order valence-electron chi connectivity index (χ0n) is 12.8. The topological polar surface area (TPSA) is 95.5 Å². The van der Waals surface area contributed by atoms with Crippen molar-refractivity contribution in [3.63, 3.8) is 0 Å². The SMILES string of the molecule is CC(=O)NC(C(=O)Nc1ccc(C(=O)O)cc1F)C1CCCC1. The van der Waals surface area contributed by atoms with Crippen molar-refractivity contribution in [3.05, 3.63) is 29.6 Å². The van der Waals surface area contributed by atoms with Gasteiger partial charge in [-0.25, -0.2) is 9.18 Å². The van der Waals surface area contributed by atoms with Crippen molar-refractivity contribution in [1.82, 2.24) is 5.32 Å². The van der Waals surface area contributed by atoms with E-state index < -0.39 is 23.7 Å². The van der Waals surface area contributed by atoms with Gasteiger partial charge in [0, 0.05) is 6.92 Å². The monoisotopic (exact) mass is 322 g/mol. The smallest absolute Gasteiger partial charge is 0.335 e. The number of carbonyl (C=O) groups is 3. The minimum absolute atomic E-state index is 0.0280. The molecule has 1 aromatic rings. The van der Waals surface area contributed by atoms with Gasteiger partial charge in [0.05, 0.1) is 11.3 Å². The van der Waals surface area contributed by atoms with Crippen molar-refractivity contribution in [2.24, 2.45) is 5.92 Å². The molecule has 0 bridgehead atoms. The van der Waals surface area contributed by atoms with Crippen molar-refractivity contribution < 1.29 is 23.9 Å². The van der Waals surface area contributed by atoms with Gasteiger partial charge in [-0.3, -0.25) is 9.59 Å². The average molecular weight is 322 g/mol. The number of rotatable bonds is 5. The Hall–Kier alpha value is -2.44. The second kappa shape index (κ2) is 7.21. The van der Waals surface area contributed by atoms with E-state index in [0.717, 1.165) is 31.7 Å². The van der Waals surface area contributed by atoms with Crippen molar-refractivity contribution >= 4 is 23.5 Å². The first-order valence-corrected chi connectivity index (χ1v) is 7.49. The number of amides is 2. The van der Waals surface area contributed by atoms with Crippen LogP contribution < -0.4 is 10.6 Å². The lowest BCUT2D eigenvalue weighted by molar-refractivity contribution is -0.126. The molecule has 1 unspecified atom stereocenters. The molecule has 7 heteroatoms. The summed E-state index contributed by atoms with van der Waals surface area (Å²) in [5.41, 5.74) is -0.303. The fourth-order valence-corrected chi connectivity index (χ4v) is 2.87. The molecule has 1 aromatic carbocycles. The number of nitrogens with one attached hydrogen (secondary N) is 2. The second-order valence-electron chi connectivity index (χ2n) is 5.71. The lowest BCUT2D eigenvalue weighted by Crippen LogP contribution is -2.47. The number of carbonyl (C=O) groups excluding carboxylic acids is 2. The molecular formula is C16H19FN2O4. The van der Waals surface area contributed by atoms with Crippen LogP contribution in [0, 0.1) is 11.7 Å². The van der Waals surface area contributed by atoms with Crippen molar-refractivity contribution in [2.75, 3.05) is 5.32 Å². The van der Waals surface area contributed by atoms with Crippen LogP contribution in [0.2, 0.25) is 0 Å². The molecule has 2 amide bonds. The molecule has 124 valence electrons. The highest BCUT2D eigenvalue weighted by molar-refractivity contribution is 5.97. The Balaban J connectivity index is 2.14. The number of benzene rings is 1. The molecule has 0 saturated heterocycles. The summed E-state index contributed by atoms with van der Waals surface area (Å²) in [7, 11) is 0. The van der Waals surface area contributed by atoms with Crippen LogP contribution in [0.1, 0.15) is 43.0 Å².